The van der Waals surface area contributed by atoms with E-state index in [1.165, 1.54) is 16.7 Å². The van der Waals surface area contributed by atoms with E-state index in [9.17, 15) is 0 Å². The minimum atomic E-state index is 0. The average Bonchev–Trinajstić information content (AvgIpc) is 2.64. The van der Waals surface area contributed by atoms with Crippen molar-refractivity contribution in [3.05, 3.63) is 108 Å². The second-order valence-electron chi connectivity index (χ2n) is 6.74. The Kier molecular flexibility index (Phi) is 6.93. The van der Waals surface area contributed by atoms with Crippen LogP contribution < -0.4 is 5.73 Å². The van der Waals surface area contributed by atoms with Crippen LogP contribution in [-0.2, 0) is 19.3 Å². The van der Waals surface area contributed by atoms with Gasteiger partial charge in [-0.2, -0.15) is 0 Å². The molecule has 0 aliphatic rings. The van der Waals surface area contributed by atoms with E-state index in [4.69, 9.17) is 0 Å². The molecule has 0 unspecified atom stereocenters. The molecule has 0 aliphatic carbocycles. The molecule has 0 radical (unpaired) electrons. The zero-order valence-electron chi connectivity index (χ0n) is 14.6. The van der Waals surface area contributed by atoms with Crippen LogP contribution in [0.1, 0.15) is 16.7 Å². The van der Waals surface area contributed by atoms with Crippen molar-refractivity contribution >= 4 is 0 Å². The lowest BCUT2D eigenvalue weighted by molar-refractivity contribution is -0.392. The van der Waals surface area contributed by atoms with Crippen LogP contribution in [0.25, 0.3) is 0 Å². The first-order valence-electron chi connectivity index (χ1n) is 8.71. The Hall–Kier alpha value is -2.42. The molecule has 3 aromatic carbocycles. The molecule has 0 saturated carbocycles. The molecule has 0 amide bonds. The third-order valence-electron chi connectivity index (χ3n) is 4.80. The van der Waals surface area contributed by atoms with Crippen LogP contribution in [0.3, 0.4) is 0 Å². The standard InChI is InChI=1S/C23H25N.H2O/c24-19-23(16-20-10-4-1-5-11-20,17-21-12-6-2-7-13-21)18-22-14-8-3-9-15-22;/h1-15H,16-19,24H2;1H2. The van der Waals surface area contributed by atoms with Crippen molar-refractivity contribution in [1.82, 2.24) is 0 Å². The van der Waals surface area contributed by atoms with Gasteiger partial charge >= 0.3 is 0 Å². The number of benzene rings is 3. The summed E-state index contributed by atoms with van der Waals surface area (Å²) in [7, 11) is 0. The maximum Gasteiger partial charge on any atom is 0.0806 e. The van der Waals surface area contributed by atoms with E-state index in [1.807, 2.05) is 0 Å². The van der Waals surface area contributed by atoms with Crippen LogP contribution in [0.2, 0.25) is 0 Å². The summed E-state index contributed by atoms with van der Waals surface area (Å²) < 4.78 is 0. The number of rotatable bonds is 7. The molecule has 0 atom stereocenters. The van der Waals surface area contributed by atoms with Crippen LogP contribution in [0.15, 0.2) is 91.0 Å². The summed E-state index contributed by atoms with van der Waals surface area (Å²) in [4.78, 5) is 0. The molecule has 2 nitrogen and oxygen atoms in total. The molecular formula is C23H27NO. The van der Waals surface area contributed by atoms with E-state index in [-0.39, 0.29) is 10.9 Å². The lowest BCUT2D eigenvalue weighted by Crippen LogP contribution is -2.60. The zero-order chi connectivity index (χ0) is 16.7. The summed E-state index contributed by atoms with van der Waals surface area (Å²) in [5.41, 5.74) is 8.68. The number of hydrogen-bond donors (Lipinski definition) is 1. The molecule has 2 heteroatoms. The van der Waals surface area contributed by atoms with Crippen molar-refractivity contribution < 1.29 is 11.2 Å². The minimum Gasteiger partial charge on any atom is -0.870 e. The first-order valence-corrected chi connectivity index (χ1v) is 8.71. The second-order valence-corrected chi connectivity index (χ2v) is 6.74. The van der Waals surface area contributed by atoms with Crippen LogP contribution in [0.4, 0.5) is 0 Å². The van der Waals surface area contributed by atoms with E-state index in [1.54, 1.807) is 0 Å². The highest BCUT2D eigenvalue weighted by molar-refractivity contribution is 5.24. The van der Waals surface area contributed by atoms with E-state index in [0.29, 0.717) is 0 Å². The first-order chi connectivity index (χ1) is 11.8. The fourth-order valence-corrected chi connectivity index (χ4v) is 3.54. The van der Waals surface area contributed by atoms with Gasteiger partial charge in [0.1, 0.15) is 0 Å². The van der Waals surface area contributed by atoms with Gasteiger partial charge in [0.2, 0.25) is 0 Å². The molecule has 4 N–H and O–H groups in total. The van der Waals surface area contributed by atoms with Crippen LogP contribution in [0, 0.1) is 5.41 Å². The molecule has 25 heavy (non-hydrogen) atoms. The van der Waals surface area contributed by atoms with E-state index < -0.39 is 0 Å². The van der Waals surface area contributed by atoms with Gasteiger partial charge in [-0.05, 0) is 36.0 Å². The van der Waals surface area contributed by atoms with Gasteiger partial charge in [0, 0.05) is 5.41 Å². The van der Waals surface area contributed by atoms with E-state index in [0.717, 1.165) is 25.8 Å². The summed E-state index contributed by atoms with van der Waals surface area (Å²) in [5, 5.41) is 0. The molecular weight excluding hydrogens is 306 g/mol. The molecule has 3 rings (SSSR count). The molecule has 0 bridgehead atoms. The van der Waals surface area contributed by atoms with Crippen molar-refractivity contribution in [3.8, 4) is 0 Å². The quantitative estimate of drug-likeness (QED) is 0.703. The molecule has 0 fully saturated rings. The van der Waals surface area contributed by atoms with Gasteiger partial charge in [0.25, 0.3) is 0 Å². The predicted molar refractivity (Wildman–Crippen MR) is 103 cm³/mol. The number of quaternary nitrogens is 1. The van der Waals surface area contributed by atoms with Crippen LogP contribution in [-0.4, -0.2) is 12.0 Å². The lowest BCUT2D eigenvalue weighted by atomic mass is 9.72. The molecule has 0 aromatic heterocycles. The molecule has 130 valence electrons. The first kappa shape index (κ1) is 18.9. The Morgan fingerprint density at radius 1 is 0.520 bits per heavy atom. The van der Waals surface area contributed by atoms with Gasteiger partial charge < -0.3 is 11.2 Å². The molecule has 0 aliphatic heterocycles. The highest BCUT2D eigenvalue weighted by Gasteiger charge is 2.32. The number of hydrogen-bond acceptors (Lipinski definition) is 1. The summed E-state index contributed by atoms with van der Waals surface area (Å²) in [6.07, 6.45) is 3.17. The van der Waals surface area contributed by atoms with Crippen LogP contribution in [0.5, 0.6) is 0 Å². The summed E-state index contributed by atoms with van der Waals surface area (Å²) in [6.45, 7) is 0.922. The van der Waals surface area contributed by atoms with Gasteiger partial charge in [-0.3, -0.25) is 0 Å². The summed E-state index contributed by atoms with van der Waals surface area (Å²) in [5.74, 6) is 0. The Labute approximate surface area is 150 Å². The fourth-order valence-electron chi connectivity index (χ4n) is 3.54. The largest absolute Gasteiger partial charge is 0.870 e. The lowest BCUT2D eigenvalue weighted by Gasteiger charge is -2.31. The third kappa shape index (κ3) is 5.28. The Balaban J connectivity index is 0.00000225. The van der Waals surface area contributed by atoms with Crippen LogP contribution >= 0.6 is 0 Å². The van der Waals surface area contributed by atoms with Crippen molar-refractivity contribution in [1.29, 1.82) is 0 Å². The highest BCUT2D eigenvalue weighted by Crippen LogP contribution is 2.31. The van der Waals surface area contributed by atoms with Crippen molar-refractivity contribution in [2.45, 2.75) is 19.3 Å². The Bertz CT molecular complexity index is 624. The van der Waals surface area contributed by atoms with Crippen molar-refractivity contribution in [3.63, 3.8) is 0 Å². The van der Waals surface area contributed by atoms with Gasteiger partial charge in [-0.15, -0.1) is 0 Å². The zero-order valence-corrected chi connectivity index (χ0v) is 14.6. The van der Waals surface area contributed by atoms with Gasteiger partial charge in [0.15, 0.2) is 0 Å². The minimum absolute atomic E-state index is 0. The normalized spacial score (nSPS) is 10.9. The predicted octanol–water partition coefficient (Wildman–Crippen LogP) is 3.77. The topological polar surface area (TPSA) is 57.6 Å². The summed E-state index contributed by atoms with van der Waals surface area (Å²) in [6, 6.07) is 32.5. The van der Waals surface area contributed by atoms with Gasteiger partial charge in [0.05, 0.1) is 6.54 Å². The monoisotopic (exact) mass is 333 g/mol. The highest BCUT2D eigenvalue weighted by atomic mass is 16.0. The average molecular weight is 333 g/mol. The molecule has 0 spiro atoms. The maximum absolute atomic E-state index is 4.35. The van der Waals surface area contributed by atoms with E-state index >= 15 is 0 Å². The van der Waals surface area contributed by atoms with Gasteiger partial charge in [-0.25, -0.2) is 0 Å². The molecule has 0 saturated heterocycles. The Morgan fingerprint density at radius 2 is 0.800 bits per heavy atom. The smallest absolute Gasteiger partial charge is 0.0806 e. The fraction of sp³-hybridized carbons (Fsp3) is 0.217. The Morgan fingerprint density at radius 3 is 1.04 bits per heavy atom. The summed E-state index contributed by atoms with van der Waals surface area (Å²) >= 11 is 0. The SMILES string of the molecule is [NH3+]CC(Cc1ccccc1)(Cc1ccccc1)Cc1ccccc1.[OH-]. The maximum atomic E-state index is 4.35. The third-order valence-corrected chi connectivity index (χ3v) is 4.80. The molecule has 0 heterocycles. The van der Waals surface area contributed by atoms with E-state index in [2.05, 4.69) is 96.7 Å². The van der Waals surface area contributed by atoms with Crippen molar-refractivity contribution in [2.75, 3.05) is 6.54 Å². The van der Waals surface area contributed by atoms with Gasteiger partial charge in [-0.1, -0.05) is 91.0 Å². The second kappa shape index (κ2) is 9.16. The van der Waals surface area contributed by atoms with Crippen molar-refractivity contribution in [2.24, 2.45) is 5.41 Å². The molecule has 3 aromatic rings.